The first-order chi connectivity index (χ1) is 7.66. The number of nitrogens with one attached hydrogen (secondary N) is 1. The van der Waals surface area contributed by atoms with Crippen LogP contribution in [0.3, 0.4) is 0 Å². The quantitative estimate of drug-likeness (QED) is 0.791. The van der Waals surface area contributed by atoms with E-state index in [0.29, 0.717) is 16.5 Å². The van der Waals surface area contributed by atoms with Crippen molar-refractivity contribution in [3.05, 3.63) is 40.2 Å². The summed E-state index contributed by atoms with van der Waals surface area (Å²) in [5, 5.41) is 3.76. The Morgan fingerprint density at radius 2 is 2.31 bits per heavy atom. The first-order valence-electron chi connectivity index (χ1n) is 5.53. The van der Waals surface area contributed by atoms with E-state index in [1.165, 1.54) is 11.6 Å². The second-order valence-electron chi connectivity index (χ2n) is 4.24. The molecule has 1 saturated heterocycles. The molecular formula is C13H15ClFN. The topological polar surface area (TPSA) is 12.0 Å². The molecule has 1 unspecified atom stereocenters. The molecule has 1 aromatic rings. The van der Waals surface area contributed by atoms with Gasteiger partial charge in [-0.15, -0.1) is 0 Å². The van der Waals surface area contributed by atoms with Crippen molar-refractivity contribution in [2.24, 2.45) is 5.92 Å². The molecule has 1 aliphatic heterocycles. The zero-order valence-corrected chi connectivity index (χ0v) is 10.0. The summed E-state index contributed by atoms with van der Waals surface area (Å²) in [6, 6.07) is 4.82. The smallest absolute Gasteiger partial charge is 0.131 e. The van der Waals surface area contributed by atoms with Crippen molar-refractivity contribution in [3.63, 3.8) is 0 Å². The minimum Gasteiger partial charge on any atom is -0.316 e. The molecule has 0 saturated carbocycles. The molecule has 1 aliphatic rings. The molecule has 3 heteroatoms. The highest BCUT2D eigenvalue weighted by atomic mass is 35.5. The second-order valence-corrected chi connectivity index (χ2v) is 4.68. The van der Waals surface area contributed by atoms with Crippen LogP contribution in [0.4, 0.5) is 4.39 Å². The molecule has 0 bridgehead atoms. The lowest BCUT2D eigenvalue weighted by molar-refractivity contribution is 0.504. The van der Waals surface area contributed by atoms with Crippen LogP contribution >= 0.6 is 11.6 Å². The summed E-state index contributed by atoms with van der Waals surface area (Å²) in [5.74, 6) is 0.231. The van der Waals surface area contributed by atoms with Crippen molar-refractivity contribution >= 4 is 17.7 Å². The zero-order valence-electron chi connectivity index (χ0n) is 9.26. The lowest BCUT2D eigenvalue weighted by atomic mass is 9.93. The fraction of sp³-hybridized carbons (Fsp3) is 0.385. The van der Waals surface area contributed by atoms with Gasteiger partial charge >= 0.3 is 0 Å². The number of benzene rings is 1. The lowest BCUT2D eigenvalue weighted by Crippen LogP contribution is -2.29. The summed E-state index contributed by atoms with van der Waals surface area (Å²) in [6.07, 6.45) is 2.94. The predicted molar refractivity (Wildman–Crippen MR) is 66.0 cm³/mol. The van der Waals surface area contributed by atoms with E-state index >= 15 is 0 Å². The van der Waals surface area contributed by atoms with Crippen LogP contribution in [0.25, 0.3) is 6.08 Å². The molecule has 1 atom stereocenters. The van der Waals surface area contributed by atoms with E-state index < -0.39 is 0 Å². The van der Waals surface area contributed by atoms with Gasteiger partial charge in [-0.3, -0.25) is 0 Å². The third-order valence-corrected chi connectivity index (χ3v) is 3.21. The van der Waals surface area contributed by atoms with Crippen molar-refractivity contribution in [2.45, 2.75) is 13.3 Å². The van der Waals surface area contributed by atoms with Gasteiger partial charge in [0.25, 0.3) is 0 Å². The lowest BCUT2D eigenvalue weighted by Gasteiger charge is -2.23. The number of piperidine rings is 1. The molecule has 1 aromatic carbocycles. The predicted octanol–water partition coefficient (Wildman–Crippen LogP) is 3.49. The molecule has 0 amide bonds. The first kappa shape index (κ1) is 11.6. The van der Waals surface area contributed by atoms with Gasteiger partial charge in [0.1, 0.15) is 5.82 Å². The van der Waals surface area contributed by atoms with Crippen molar-refractivity contribution in [2.75, 3.05) is 13.1 Å². The molecule has 0 spiro atoms. The standard InChI is InChI=1S/C13H15ClFN/c1-9-8-16-5-4-10(9)6-11-2-3-12(14)7-13(11)15/h2-3,6-7,9,16H,4-5,8H2,1H3. The van der Waals surface area contributed by atoms with Crippen LogP contribution in [0.5, 0.6) is 0 Å². The Balaban J connectivity index is 2.27. The van der Waals surface area contributed by atoms with Crippen LogP contribution in [0, 0.1) is 11.7 Å². The highest BCUT2D eigenvalue weighted by Gasteiger charge is 2.14. The number of rotatable bonds is 1. The highest BCUT2D eigenvalue weighted by Crippen LogP contribution is 2.23. The highest BCUT2D eigenvalue weighted by molar-refractivity contribution is 6.30. The summed E-state index contributed by atoms with van der Waals surface area (Å²) in [5.41, 5.74) is 1.94. The van der Waals surface area contributed by atoms with Crippen molar-refractivity contribution in [3.8, 4) is 0 Å². The monoisotopic (exact) mass is 239 g/mol. The number of halogens is 2. The van der Waals surface area contributed by atoms with Gasteiger partial charge in [-0.25, -0.2) is 4.39 Å². The van der Waals surface area contributed by atoms with Crippen LogP contribution < -0.4 is 5.32 Å². The van der Waals surface area contributed by atoms with E-state index in [1.807, 2.05) is 6.08 Å². The number of hydrogen-bond acceptors (Lipinski definition) is 1. The Kier molecular flexibility index (Phi) is 3.62. The summed E-state index contributed by atoms with van der Waals surface area (Å²) < 4.78 is 13.6. The average molecular weight is 240 g/mol. The van der Waals surface area contributed by atoms with Gasteiger partial charge < -0.3 is 5.32 Å². The Hall–Kier alpha value is -0.860. The largest absolute Gasteiger partial charge is 0.316 e. The van der Waals surface area contributed by atoms with Gasteiger partial charge in [0.05, 0.1) is 0 Å². The molecule has 1 fully saturated rings. The Labute approximate surface area is 100 Å². The van der Waals surface area contributed by atoms with Gasteiger partial charge in [-0.1, -0.05) is 36.2 Å². The maximum absolute atomic E-state index is 13.6. The molecule has 0 aromatic heterocycles. The maximum atomic E-state index is 13.6. The van der Waals surface area contributed by atoms with Crippen molar-refractivity contribution in [1.29, 1.82) is 0 Å². The summed E-state index contributed by atoms with van der Waals surface area (Å²) in [7, 11) is 0. The molecule has 1 heterocycles. The van der Waals surface area contributed by atoms with Gasteiger partial charge in [-0.05, 0) is 31.0 Å². The van der Waals surface area contributed by atoms with Crippen LogP contribution in [0.15, 0.2) is 23.8 Å². The van der Waals surface area contributed by atoms with E-state index in [-0.39, 0.29) is 5.82 Å². The molecule has 86 valence electrons. The van der Waals surface area contributed by atoms with E-state index in [0.717, 1.165) is 19.5 Å². The molecule has 0 radical (unpaired) electrons. The Bertz CT molecular complexity index is 414. The summed E-state index contributed by atoms with van der Waals surface area (Å²) in [4.78, 5) is 0. The maximum Gasteiger partial charge on any atom is 0.131 e. The van der Waals surface area contributed by atoms with Crippen molar-refractivity contribution < 1.29 is 4.39 Å². The molecular weight excluding hydrogens is 225 g/mol. The summed E-state index contributed by atoms with van der Waals surface area (Å²) >= 11 is 5.72. The third kappa shape index (κ3) is 2.63. The summed E-state index contributed by atoms with van der Waals surface area (Å²) in [6.45, 7) is 4.11. The van der Waals surface area contributed by atoms with Crippen LogP contribution in [0.1, 0.15) is 18.9 Å². The van der Waals surface area contributed by atoms with E-state index in [1.54, 1.807) is 12.1 Å². The minimum absolute atomic E-state index is 0.245. The Morgan fingerprint density at radius 3 is 3.00 bits per heavy atom. The molecule has 2 rings (SSSR count). The van der Waals surface area contributed by atoms with Gasteiger partial charge in [0.15, 0.2) is 0 Å². The van der Waals surface area contributed by atoms with E-state index in [4.69, 9.17) is 11.6 Å². The van der Waals surface area contributed by atoms with E-state index in [2.05, 4.69) is 12.2 Å². The fourth-order valence-electron chi connectivity index (χ4n) is 1.96. The van der Waals surface area contributed by atoms with Gasteiger partial charge in [0, 0.05) is 17.1 Å². The van der Waals surface area contributed by atoms with Crippen LogP contribution in [-0.4, -0.2) is 13.1 Å². The Morgan fingerprint density at radius 1 is 1.50 bits per heavy atom. The molecule has 16 heavy (non-hydrogen) atoms. The second kappa shape index (κ2) is 4.98. The number of hydrogen-bond donors (Lipinski definition) is 1. The molecule has 1 N–H and O–H groups in total. The molecule has 1 nitrogen and oxygen atoms in total. The van der Waals surface area contributed by atoms with Gasteiger partial charge in [0.2, 0.25) is 0 Å². The minimum atomic E-state index is -0.245. The normalized spacial score (nSPS) is 23.7. The average Bonchev–Trinajstić information content (AvgIpc) is 2.25. The zero-order chi connectivity index (χ0) is 11.5. The SMILES string of the molecule is CC1CNCCC1=Cc1ccc(Cl)cc1F. The fourth-order valence-corrected chi connectivity index (χ4v) is 2.12. The third-order valence-electron chi connectivity index (χ3n) is 2.98. The van der Waals surface area contributed by atoms with Crippen LogP contribution in [-0.2, 0) is 0 Å². The van der Waals surface area contributed by atoms with Crippen LogP contribution in [0.2, 0.25) is 5.02 Å². The van der Waals surface area contributed by atoms with Crippen molar-refractivity contribution in [1.82, 2.24) is 5.32 Å². The van der Waals surface area contributed by atoms with E-state index in [9.17, 15) is 4.39 Å². The van der Waals surface area contributed by atoms with Gasteiger partial charge in [-0.2, -0.15) is 0 Å². The molecule has 0 aliphatic carbocycles. The first-order valence-corrected chi connectivity index (χ1v) is 5.91.